The minimum atomic E-state index is -1.79. The van der Waals surface area contributed by atoms with Crippen LogP contribution in [0, 0.1) is 52.3 Å². The number of hydrogen-bond acceptors (Lipinski definition) is 19. The van der Waals surface area contributed by atoms with Crippen LogP contribution in [0.2, 0.25) is 0 Å². The van der Waals surface area contributed by atoms with Crippen molar-refractivity contribution >= 4 is 86.8 Å². The highest BCUT2D eigenvalue weighted by atomic mass is 33.1. The first-order chi connectivity index (χ1) is 59.5. The number of rotatable bonds is 28. The molecule has 11 amide bonds. The number of fused-ring (bicyclic) bond motifs is 6. The summed E-state index contributed by atoms with van der Waals surface area (Å²) in [5.74, 6) is -4.26. The number of aliphatic hydroxyl groups excluding tert-OH is 3. The van der Waals surface area contributed by atoms with Crippen LogP contribution in [0.4, 0.5) is 4.79 Å². The van der Waals surface area contributed by atoms with E-state index in [9.17, 15) is 44.1 Å². The van der Waals surface area contributed by atoms with E-state index in [1.165, 1.54) is 69.3 Å². The van der Waals surface area contributed by atoms with E-state index in [1.807, 2.05) is 43.6 Å². The topological polar surface area (TPSA) is 388 Å². The summed E-state index contributed by atoms with van der Waals surface area (Å²) in [6.45, 7) is 14.8. The van der Waals surface area contributed by atoms with Crippen LogP contribution >= 0.6 is 21.6 Å². The number of nitrogens with zero attached hydrogens (tertiary/aromatic N) is 3. The molecule has 10 aliphatic rings. The van der Waals surface area contributed by atoms with Crippen molar-refractivity contribution in [1.82, 2.24) is 67.9 Å². The summed E-state index contributed by atoms with van der Waals surface area (Å²) >= 11 is 0. The van der Waals surface area contributed by atoms with Gasteiger partial charge < -0.3 is 87.9 Å². The smallest absolute Gasteiger partial charge is 0.407 e. The van der Waals surface area contributed by atoms with Crippen LogP contribution in [0.5, 0.6) is 0 Å². The Morgan fingerprint density at radius 2 is 1.37 bits per heavy atom. The van der Waals surface area contributed by atoms with Gasteiger partial charge in [0.2, 0.25) is 53.2 Å². The van der Waals surface area contributed by atoms with Crippen LogP contribution < -0.4 is 53.2 Å². The Hall–Kier alpha value is -8.97. The zero-order valence-corrected chi connectivity index (χ0v) is 74.9. The third-order valence-electron chi connectivity index (χ3n) is 28.2. The number of nitrogens with one attached hydrogen (secondary N) is 10. The van der Waals surface area contributed by atoms with E-state index in [4.69, 9.17) is 4.74 Å². The van der Waals surface area contributed by atoms with Gasteiger partial charge in [0, 0.05) is 75.1 Å². The second-order valence-corrected chi connectivity index (χ2v) is 39.8. The third-order valence-corrected chi connectivity index (χ3v) is 30.6. The number of aliphatic hydroxyl groups is 3. The Labute approximate surface area is 738 Å². The summed E-state index contributed by atoms with van der Waals surface area (Å²) in [5.41, 5.74) is 4.26. The van der Waals surface area contributed by atoms with Gasteiger partial charge in [-0.1, -0.05) is 178 Å². The zero-order valence-electron chi connectivity index (χ0n) is 73.3. The highest BCUT2D eigenvalue weighted by Gasteiger charge is 2.60. The van der Waals surface area contributed by atoms with Gasteiger partial charge in [0.1, 0.15) is 60.5 Å². The van der Waals surface area contributed by atoms with Crippen molar-refractivity contribution < 1.29 is 72.8 Å². The van der Waals surface area contributed by atoms with Crippen molar-refractivity contribution in [2.75, 3.05) is 44.8 Å². The molecule has 28 nitrogen and oxygen atoms in total. The van der Waals surface area contributed by atoms with Crippen molar-refractivity contribution in [3.05, 3.63) is 144 Å². The molecule has 5 aliphatic carbocycles. The van der Waals surface area contributed by atoms with Crippen LogP contribution in [-0.4, -0.2) is 225 Å². The predicted molar refractivity (Wildman–Crippen MR) is 477 cm³/mol. The lowest BCUT2D eigenvalue weighted by Crippen LogP contribution is -2.62. The summed E-state index contributed by atoms with van der Waals surface area (Å²) in [5, 5.41) is 61.0. The Balaban J connectivity index is 0.779. The van der Waals surface area contributed by atoms with Crippen molar-refractivity contribution in [2.45, 2.75) is 274 Å². The quantitative estimate of drug-likeness (QED) is 0.0223. The fourth-order valence-electron chi connectivity index (χ4n) is 21.3. The molecular weight excluding hydrogens is 1620 g/mol. The lowest BCUT2D eigenvalue weighted by atomic mass is 9.47. The van der Waals surface area contributed by atoms with Crippen LogP contribution in [0.25, 0.3) is 0 Å². The highest BCUT2D eigenvalue weighted by Crippen LogP contribution is 2.67. The maximum Gasteiger partial charge on any atom is 0.407 e. The van der Waals surface area contributed by atoms with Gasteiger partial charge in [-0.15, -0.1) is 0 Å². The Kier molecular flexibility index (Phi) is 33.0. The molecule has 0 radical (unpaired) electrons. The third kappa shape index (κ3) is 23.4. The largest absolute Gasteiger partial charge is 0.446 e. The molecule has 6 fully saturated rings. The zero-order chi connectivity index (χ0) is 88.5. The average Bonchev–Trinajstić information content (AvgIpc) is 1.45. The van der Waals surface area contributed by atoms with E-state index < -0.39 is 133 Å². The molecule has 22 unspecified atom stereocenters. The average molecular weight is 1750 g/mol. The fourth-order valence-corrected chi connectivity index (χ4v) is 23.6. The first-order valence-electron chi connectivity index (χ1n) is 45.4. The van der Waals surface area contributed by atoms with Gasteiger partial charge >= 0.3 is 6.09 Å². The van der Waals surface area contributed by atoms with Gasteiger partial charge in [-0.25, -0.2) is 4.79 Å². The maximum absolute atomic E-state index is 15.6. The van der Waals surface area contributed by atoms with Crippen molar-refractivity contribution in [3.8, 4) is 0 Å². The van der Waals surface area contributed by atoms with E-state index >= 15 is 24.0 Å². The SMILES string of the molecule is CC(C)CCCC(C)C1CCC2C3CC=C4CC(OC(=O)NCCCCC5NC(=O)C(CC6=CNC7C=CC=CC67)NC(=O)C(Cc6ccccc6)NC(=O)C(NC(=O)C(Cc6ccccc6)NC(=O)C6CCCN6C(=O)C6CCCN6C(=O)C6=CN(C)C=CC6)CSSCC(C(=O)NC(CO)C(C)O)NC(=O)C(C(C)O)NC5=O)CCC4(C)C3CCC12C. The second-order valence-electron chi connectivity index (χ2n) is 37.2. The summed E-state index contributed by atoms with van der Waals surface area (Å²) in [4.78, 5) is 169. The molecule has 3 saturated carbocycles. The van der Waals surface area contributed by atoms with E-state index in [1.54, 1.807) is 82.9 Å². The van der Waals surface area contributed by atoms with Gasteiger partial charge in [0.25, 0.3) is 5.91 Å². The molecule has 13 N–H and O–H groups in total. The highest BCUT2D eigenvalue weighted by molar-refractivity contribution is 8.76. The fraction of sp³-hybridized carbons (Fsp3) is 0.628. The van der Waals surface area contributed by atoms with E-state index in [-0.39, 0.29) is 105 Å². The molecule has 30 heteroatoms. The number of likely N-dealkylation sites (tertiary alicyclic amines) is 2. The van der Waals surface area contributed by atoms with Crippen LogP contribution in [0.3, 0.4) is 0 Å². The van der Waals surface area contributed by atoms with Crippen LogP contribution in [0.1, 0.15) is 188 Å². The molecular formula is C94H133N13O15S2. The van der Waals surface area contributed by atoms with Crippen molar-refractivity contribution in [1.29, 1.82) is 0 Å². The normalized spacial score (nSPS) is 31.0. The molecule has 5 heterocycles. The molecule has 3 saturated heterocycles. The molecule has 0 bridgehead atoms. The number of hydrogen-bond donors (Lipinski definition) is 13. The van der Waals surface area contributed by atoms with Crippen LogP contribution in [0.15, 0.2) is 132 Å². The van der Waals surface area contributed by atoms with Gasteiger partial charge in [-0.3, -0.25) is 47.9 Å². The molecule has 124 heavy (non-hydrogen) atoms. The van der Waals surface area contributed by atoms with E-state index in [2.05, 4.69) is 93.9 Å². The van der Waals surface area contributed by atoms with Gasteiger partial charge in [0.15, 0.2) is 0 Å². The number of amides is 11. The Morgan fingerprint density at radius 1 is 0.685 bits per heavy atom. The molecule has 5 aliphatic heterocycles. The minimum Gasteiger partial charge on any atom is -0.446 e. The van der Waals surface area contributed by atoms with Gasteiger partial charge in [0.05, 0.1) is 30.9 Å². The molecule has 12 rings (SSSR count). The summed E-state index contributed by atoms with van der Waals surface area (Å²) < 4.78 is 6.19. The summed E-state index contributed by atoms with van der Waals surface area (Å²) in [6, 6.07) is 3.62. The first kappa shape index (κ1) is 94.2. The Morgan fingerprint density at radius 3 is 2.09 bits per heavy atom. The van der Waals surface area contributed by atoms with Gasteiger partial charge in [-0.2, -0.15) is 0 Å². The molecule has 2 aromatic carbocycles. The second kappa shape index (κ2) is 43.5. The summed E-state index contributed by atoms with van der Waals surface area (Å²) in [6.07, 6.45) is 28.1. The number of carbonyl (C=O) groups excluding carboxylic acids is 11. The number of ether oxygens (including phenoxy) is 1. The molecule has 22 atom stereocenters. The standard InChI is InChI=1S/C94H133N13O15S2/c1-56(2)23-19-24-57(3)68-37-38-69-67-36-35-64-50-65(39-41-93(64,6)70(67)40-42-94(68,69)7)122-92(121)95-43-18-17-32-72-82(111)104-81(59(5)110)89(118)103-78(87(116)101-76(53-108)58(4)109)55-124-123-54-77(86(115)98-73(47-60-25-11-9-12-26-60)83(112)99-75(85(114)97-72)49-63-51-96-71-31-16-15-30-66(63)71)102-84(113)74(48-61-27-13-10-14-28-61)100-88(117)79-33-21-45-106(79)91(120)80-34-22-46-107(80)90(119)62-29-20-44-105(8)52-62/h9-16,20,25-28,30-31,35,44,51-52,56-59,65-81,96,108-110H,17-19,21-24,29,32-34,36-43,45-50,53-55H2,1-8H3,(H,95,121)(H,97,114)(H,98,115)(H,99,112)(H,100,117)(H,101,116)(H,102,113)(H,103,118)(H,104,111). The van der Waals surface area contributed by atoms with E-state index in [0.717, 1.165) is 64.5 Å². The lowest BCUT2D eigenvalue weighted by Gasteiger charge is -2.58. The Bertz CT molecular complexity index is 4310. The molecule has 0 aromatic heterocycles. The number of allylic oxidation sites excluding steroid dienone is 4. The predicted octanol–water partition coefficient (Wildman–Crippen LogP) is 7.51. The maximum atomic E-state index is 15.6. The summed E-state index contributed by atoms with van der Waals surface area (Å²) in [7, 11) is 3.75. The van der Waals surface area contributed by atoms with Crippen molar-refractivity contribution in [3.63, 3.8) is 0 Å². The minimum absolute atomic E-state index is 0.0468. The van der Waals surface area contributed by atoms with Crippen LogP contribution in [-0.2, 0) is 65.5 Å². The lowest BCUT2D eigenvalue weighted by molar-refractivity contribution is -0.146. The van der Waals surface area contributed by atoms with Gasteiger partial charge in [-0.05, 0) is 192 Å². The first-order valence-corrected chi connectivity index (χ1v) is 47.9. The van der Waals surface area contributed by atoms with E-state index in [0.29, 0.717) is 78.2 Å². The number of alkyl carbamates (subject to hydrolysis) is 1. The number of unbranched alkanes of at least 4 members (excludes halogenated alkanes) is 1. The monoisotopic (exact) mass is 1750 g/mol. The number of carbonyl (C=O) groups is 11. The molecule has 0 spiro atoms. The molecule has 2 aromatic rings. The molecule has 676 valence electrons. The van der Waals surface area contributed by atoms with Crippen molar-refractivity contribution in [2.24, 2.45) is 52.3 Å². The number of benzene rings is 2.